The summed E-state index contributed by atoms with van der Waals surface area (Å²) in [5, 5.41) is 12.5. The number of nitrogens with zero attached hydrogens (tertiary/aromatic N) is 5. The van der Waals surface area contributed by atoms with Crippen molar-refractivity contribution in [2.24, 2.45) is 0 Å². The van der Waals surface area contributed by atoms with Crippen molar-refractivity contribution in [3.63, 3.8) is 0 Å². The largest absolute Gasteiger partial charge is 0.378 e. The van der Waals surface area contributed by atoms with Crippen molar-refractivity contribution in [3.05, 3.63) is 60.4 Å². The predicted octanol–water partition coefficient (Wildman–Crippen LogP) is 3.42. The van der Waals surface area contributed by atoms with Gasteiger partial charge in [0.05, 0.1) is 24.8 Å². The number of imidazole rings is 1. The van der Waals surface area contributed by atoms with Crippen LogP contribution in [0.2, 0.25) is 0 Å². The number of rotatable bonds is 4. The molecule has 30 heavy (non-hydrogen) atoms. The van der Waals surface area contributed by atoms with E-state index >= 15 is 0 Å². The van der Waals surface area contributed by atoms with Crippen LogP contribution in [0, 0.1) is 11.3 Å². The van der Waals surface area contributed by atoms with Crippen LogP contribution in [0.5, 0.6) is 0 Å². The Kier molecular flexibility index (Phi) is 4.71. The average molecular weight is 397 g/mol. The highest BCUT2D eigenvalue weighted by atomic mass is 16.5. The Morgan fingerprint density at radius 3 is 2.67 bits per heavy atom. The molecule has 0 aliphatic carbocycles. The van der Waals surface area contributed by atoms with E-state index < -0.39 is 0 Å². The van der Waals surface area contributed by atoms with E-state index in [1.165, 1.54) is 12.0 Å². The molecule has 3 heterocycles. The van der Waals surface area contributed by atoms with Gasteiger partial charge in [-0.3, -0.25) is 0 Å². The predicted molar refractivity (Wildman–Crippen MR) is 114 cm³/mol. The van der Waals surface area contributed by atoms with Gasteiger partial charge in [-0.1, -0.05) is 12.1 Å². The fraction of sp³-hybridized carbons (Fsp3) is 0.182. The molecule has 3 aliphatic rings. The van der Waals surface area contributed by atoms with Crippen molar-refractivity contribution in [1.82, 2.24) is 19.9 Å². The second kappa shape index (κ2) is 7.81. The van der Waals surface area contributed by atoms with Crippen molar-refractivity contribution >= 4 is 17.3 Å². The number of anilines is 3. The first-order valence-corrected chi connectivity index (χ1v) is 9.71. The standard InChI is InChI=1S/C22H19N7O/c23-13-15-2-1-3-16(12-15)19-20-21(25-14-24-20)28-22(27-19)26-17-4-6-18(7-5-17)29-8-10-30-11-9-29/h1-7,12,14H,8-11H2,(H2,24,25,26,27,28). The molecule has 2 N–H and O–H groups in total. The molecular formula is C22H19N7O. The average Bonchev–Trinajstić information content (AvgIpc) is 3.28. The molecule has 2 aromatic rings. The van der Waals surface area contributed by atoms with Crippen molar-refractivity contribution in [2.45, 2.75) is 0 Å². The number of nitriles is 1. The van der Waals surface area contributed by atoms with Gasteiger partial charge in [-0.25, -0.2) is 15.0 Å². The van der Waals surface area contributed by atoms with E-state index in [9.17, 15) is 5.26 Å². The summed E-state index contributed by atoms with van der Waals surface area (Å²) >= 11 is 0. The number of aromatic amines is 1. The van der Waals surface area contributed by atoms with Gasteiger partial charge in [-0.15, -0.1) is 0 Å². The highest BCUT2D eigenvalue weighted by molar-refractivity contribution is 5.78. The van der Waals surface area contributed by atoms with Gasteiger partial charge in [0.25, 0.3) is 0 Å². The highest BCUT2D eigenvalue weighted by Gasteiger charge is 2.18. The normalized spacial score (nSPS) is 13.9. The zero-order chi connectivity index (χ0) is 20.3. The second-order valence-electron chi connectivity index (χ2n) is 6.97. The number of fused-ring (bicyclic) bond motifs is 1. The van der Waals surface area contributed by atoms with Crippen LogP contribution in [0.25, 0.3) is 22.8 Å². The maximum Gasteiger partial charge on any atom is 0.206 e. The third-order valence-electron chi connectivity index (χ3n) is 5.05. The van der Waals surface area contributed by atoms with E-state index in [4.69, 9.17) is 9.72 Å². The van der Waals surface area contributed by atoms with Crippen LogP contribution < -0.4 is 10.2 Å². The van der Waals surface area contributed by atoms with Crippen molar-refractivity contribution in [3.8, 4) is 28.8 Å². The Hall–Kier alpha value is -3.96. The summed E-state index contributed by atoms with van der Waals surface area (Å²) in [7, 11) is 0. The first-order chi connectivity index (χ1) is 14.8. The molecule has 0 aromatic heterocycles. The maximum atomic E-state index is 9.22. The number of ether oxygens (including phenoxy) is 1. The molecule has 1 fully saturated rings. The second-order valence-corrected chi connectivity index (χ2v) is 6.97. The molecule has 0 spiro atoms. The fourth-order valence-corrected chi connectivity index (χ4v) is 3.55. The molecule has 8 heteroatoms. The summed E-state index contributed by atoms with van der Waals surface area (Å²) in [5.41, 5.74) is 4.81. The molecule has 0 atom stereocenters. The van der Waals surface area contributed by atoms with Crippen molar-refractivity contribution in [1.29, 1.82) is 5.26 Å². The minimum atomic E-state index is 0.555. The summed E-state index contributed by atoms with van der Waals surface area (Å²) < 4.78 is 5.42. The third kappa shape index (κ3) is 3.54. The monoisotopic (exact) mass is 397 g/mol. The molecule has 3 aliphatic heterocycles. The molecule has 0 unspecified atom stereocenters. The molecule has 1 saturated heterocycles. The van der Waals surface area contributed by atoms with E-state index in [1.54, 1.807) is 12.1 Å². The van der Waals surface area contributed by atoms with Gasteiger partial charge in [0.15, 0.2) is 5.82 Å². The summed E-state index contributed by atoms with van der Waals surface area (Å²) in [4.78, 5) is 18.8. The third-order valence-corrected chi connectivity index (χ3v) is 5.05. The molecule has 0 bridgehead atoms. The molecule has 0 saturated carbocycles. The number of morpholine rings is 1. The SMILES string of the molecule is N#Cc1cccc(-c2nc(Nc3ccc(N4CCOCC4)cc3)[nH]c3ncnc2-3)c1. The molecule has 2 aromatic carbocycles. The van der Waals surface area contributed by atoms with Crippen LogP contribution in [0.15, 0.2) is 54.9 Å². The highest BCUT2D eigenvalue weighted by Crippen LogP contribution is 2.31. The molecule has 148 valence electrons. The first-order valence-electron chi connectivity index (χ1n) is 9.71. The number of hydrogen-bond acceptors (Lipinski definition) is 7. The lowest BCUT2D eigenvalue weighted by Crippen LogP contribution is -2.36. The van der Waals surface area contributed by atoms with Crippen molar-refractivity contribution in [2.75, 3.05) is 36.5 Å². The number of benzene rings is 2. The molecule has 5 rings (SSSR count). The van der Waals surface area contributed by atoms with E-state index in [1.807, 2.05) is 24.3 Å². The van der Waals surface area contributed by atoms with Crippen LogP contribution in [-0.2, 0) is 4.74 Å². The Morgan fingerprint density at radius 2 is 1.87 bits per heavy atom. The van der Waals surface area contributed by atoms with Gasteiger partial charge in [0.1, 0.15) is 17.7 Å². The van der Waals surface area contributed by atoms with E-state index in [0.29, 0.717) is 28.7 Å². The van der Waals surface area contributed by atoms with Gasteiger partial charge in [-0.05, 0) is 36.4 Å². The summed E-state index contributed by atoms with van der Waals surface area (Å²) in [5.74, 6) is 1.19. The number of hydrogen-bond donors (Lipinski definition) is 2. The Bertz CT molecular complexity index is 1170. The Morgan fingerprint density at radius 1 is 1.03 bits per heavy atom. The van der Waals surface area contributed by atoms with E-state index in [0.717, 1.165) is 37.6 Å². The van der Waals surface area contributed by atoms with Crippen LogP contribution in [-0.4, -0.2) is 46.2 Å². The van der Waals surface area contributed by atoms with Crippen LogP contribution in [0.3, 0.4) is 0 Å². The summed E-state index contributed by atoms with van der Waals surface area (Å²) in [6, 6.07) is 17.7. The lowest BCUT2D eigenvalue weighted by atomic mass is 10.1. The van der Waals surface area contributed by atoms with Gasteiger partial charge < -0.3 is 19.9 Å². The lowest BCUT2D eigenvalue weighted by molar-refractivity contribution is 0.122. The van der Waals surface area contributed by atoms with Gasteiger partial charge in [0, 0.05) is 30.0 Å². The fourth-order valence-electron chi connectivity index (χ4n) is 3.55. The minimum absolute atomic E-state index is 0.555. The molecule has 0 amide bonds. The Balaban J connectivity index is 1.45. The zero-order valence-electron chi connectivity index (χ0n) is 16.2. The van der Waals surface area contributed by atoms with Gasteiger partial charge in [-0.2, -0.15) is 5.26 Å². The molecule has 0 radical (unpaired) electrons. The van der Waals surface area contributed by atoms with Crippen molar-refractivity contribution < 1.29 is 4.74 Å². The van der Waals surface area contributed by atoms with Gasteiger partial charge >= 0.3 is 0 Å². The van der Waals surface area contributed by atoms with E-state index in [2.05, 4.69) is 43.4 Å². The topological polar surface area (TPSA) is 103 Å². The zero-order valence-corrected chi connectivity index (χ0v) is 16.2. The quantitative estimate of drug-likeness (QED) is 0.544. The minimum Gasteiger partial charge on any atom is -0.378 e. The van der Waals surface area contributed by atoms with Crippen LogP contribution in [0.4, 0.5) is 17.3 Å². The molecule has 8 nitrogen and oxygen atoms in total. The Labute approximate surface area is 173 Å². The lowest BCUT2D eigenvalue weighted by Gasteiger charge is -2.28. The molecular weight excluding hydrogens is 378 g/mol. The van der Waals surface area contributed by atoms with Crippen LogP contribution in [0.1, 0.15) is 5.56 Å². The van der Waals surface area contributed by atoms with Crippen LogP contribution >= 0.6 is 0 Å². The summed E-state index contributed by atoms with van der Waals surface area (Å²) in [6.07, 6.45) is 1.50. The maximum absolute atomic E-state index is 9.22. The smallest absolute Gasteiger partial charge is 0.206 e. The number of H-pyrrole nitrogens is 1. The number of aromatic nitrogens is 4. The first kappa shape index (κ1) is 18.1. The number of nitrogens with one attached hydrogen (secondary N) is 2. The summed E-state index contributed by atoms with van der Waals surface area (Å²) in [6.45, 7) is 3.32. The van der Waals surface area contributed by atoms with Gasteiger partial charge in [0.2, 0.25) is 5.95 Å². The van der Waals surface area contributed by atoms with E-state index in [-0.39, 0.29) is 0 Å².